The average Bonchev–Trinajstić information content (AvgIpc) is 2.40. The Morgan fingerprint density at radius 2 is 1.75 bits per heavy atom. The third-order valence-electron chi connectivity index (χ3n) is 5.37. The Kier molecular flexibility index (Phi) is 2.40. The van der Waals surface area contributed by atoms with Crippen molar-refractivity contribution in [2.75, 3.05) is 6.54 Å². The molecule has 0 radical (unpaired) electrons. The van der Waals surface area contributed by atoms with Gasteiger partial charge in [0.2, 0.25) is 5.91 Å². The van der Waals surface area contributed by atoms with E-state index in [9.17, 15) is 4.79 Å². The summed E-state index contributed by atoms with van der Waals surface area (Å²) in [5.41, 5.74) is 6.24. The number of carbonyl (C=O) groups is 1. The van der Waals surface area contributed by atoms with Crippen molar-refractivity contribution in [1.29, 1.82) is 0 Å². The van der Waals surface area contributed by atoms with Crippen LogP contribution in [0, 0.1) is 16.7 Å². The number of hydrogen-bond acceptors (Lipinski definition) is 2. The van der Waals surface area contributed by atoms with Crippen LogP contribution in [0.2, 0.25) is 0 Å². The van der Waals surface area contributed by atoms with Crippen molar-refractivity contribution < 1.29 is 4.79 Å². The fourth-order valence-electron chi connectivity index (χ4n) is 3.25. The van der Waals surface area contributed by atoms with Gasteiger partial charge in [-0.25, -0.2) is 0 Å². The van der Waals surface area contributed by atoms with Crippen molar-refractivity contribution in [2.24, 2.45) is 22.5 Å². The van der Waals surface area contributed by atoms with E-state index in [1.165, 1.54) is 0 Å². The van der Waals surface area contributed by atoms with Crippen molar-refractivity contribution >= 4 is 5.91 Å². The van der Waals surface area contributed by atoms with Crippen molar-refractivity contribution in [2.45, 2.75) is 53.1 Å². The first-order valence-electron chi connectivity index (χ1n) is 6.27. The van der Waals surface area contributed by atoms with Gasteiger partial charge < -0.3 is 10.6 Å². The van der Waals surface area contributed by atoms with Gasteiger partial charge in [-0.15, -0.1) is 0 Å². The maximum atomic E-state index is 12.5. The maximum Gasteiger partial charge on any atom is 0.227 e. The fraction of sp³-hybridized carbons (Fsp3) is 0.923. The smallest absolute Gasteiger partial charge is 0.227 e. The monoisotopic (exact) mass is 224 g/mol. The van der Waals surface area contributed by atoms with Gasteiger partial charge in [0.05, 0.1) is 0 Å². The largest absolute Gasteiger partial charge is 0.338 e. The summed E-state index contributed by atoms with van der Waals surface area (Å²) in [6.45, 7) is 11.7. The molecule has 1 aliphatic carbocycles. The number of carbonyl (C=O) groups excluding carboxylic acids is 1. The molecule has 1 saturated carbocycles. The van der Waals surface area contributed by atoms with Gasteiger partial charge in [0.15, 0.2) is 0 Å². The summed E-state index contributed by atoms with van der Waals surface area (Å²) >= 11 is 0. The lowest BCUT2D eigenvalue weighted by molar-refractivity contribution is -0.134. The molecule has 2 aliphatic rings. The van der Waals surface area contributed by atoms with E-state index in [0.29, 0.717) is 5.91 Å². The summed E-state index contributed by atoms with van der Waals surface area (Å²) in [5.74, 6) is 0.489. The molecule has 1 amide bonds. The summed E-state index contributed by atoms with van der Waals surface area (Å²) in [6.07, 6.45) is 0.945. The van der Waals surface area contributed by atoms with Crippen LogP contribution < -0.4 is 5.73 Å². The minimum absolute atomic E-state index is 0.135. The molecule has 2 rings (SSSR count). The Bertz CT molecular complexity index is 308. The standard InChI is InChI=1S/C13H24N2O/c1-8-9(14)6-7-15(8)11(16)10-12(2,3)13(10,4)5/h8-10H,6-7,14H2,1-5H3. The van der Waals surface area contributed by atoms with Gasteiger partial charge in [0.1, 0.15) is 0 Å². The van der Waals surface area contributed by atoms with E-state index in [0.717, 1.165) is 13.0 Å². The summed E-state index contributed by atoms with van der Waals surface area (Å²) in [6, 6.07) is 0.369. The fourth-order valence-corrected chi connectivity index (χ4v) is 3.25. The quantitative estimate of drug-likeness (QED) is 0.735. The van der Waals surface area contributed by atoms with Crippen LogP contribution in [0.4, 0.5) is 0 Å². The van der Waals surface area contributed by atoms with E-state index in [2.05, 4.69) is 34.6 Å². The number of amides is 1. The number of nitrogens with two attached hydrogens (primary N) is 1. The molecule has 3 heteroatoms. The third-order valence-corrected chi connectivity index (χ3v) is 5.37. The van der Waals surface area contributed by atoms with Gasteiger partial charge >= 0.3 is 0 Å². The van der Waals surface area contributed by atoms with E-state index in [1.807, 2.05) is 4.90 Å². The average molecular weight is 224 g/mol. The highest BCUT2D eigenvalue weighted by Crippen LogP contribution is 2.69. The van der Waals surface area contributed by atoms with E-state index in [4.69, 9.17) is 5.73 Å². The van der Waals surface area contributed by atoms with Crippen LogP contribution in [0.1, 0.15) is 41.0 Å². The van der Waals surface area contributed by atoms with Crippen molar-refractivity contribution in [1.82, 2.24) is 4.90 Å². The maximum absolute atomic E-state index is 12.5. The summed E-state index contributed by atoms with van der Waals surface area (Å²) < 4.78 is 0. The lowest BCUT2D eigenvalue weighted by Gasteiger charge is -2.24. The normalized spacial score (nSPS) is 36.5. The zero-order valence-corrected chi connectivity index (χ0v) is 11.1. The van der Waals surface area contributed by atoms with Crippen molar-refractivity contribution in [3.63, 3.8) is 0 Å². The van der Waals surface area contributed by atoms with Crippen LogP contribution in [0.25, 0.3) is 0 Å². The SMILES string of the molecule is CC1C(N)CCN1C(=O)C1C(C)(C)C1(C)C. The molecule has 0 aromatic carbocycles. The van der Waals surface area contributed by atoms with Crippen LogP contribution >= 0.6 is 0 Å². The van der Waals surface area contributed by atoms with Crippen molar-refractivity contribution in [3.8, 4) is 0 Å². The molecule has 2 unspecified atom stereocenters. The molecule has 1 aliphatic heterocycles. The topological polar surface area (TPSA) is 46.3 Å². The predicted molar refractivity (Wildman–Crippen MR) is 64.8 cm³/mol. The Labute approximate surface area is 98.4 Å². The number of likely N-dealkylation sites (tertiary alicyclic amines) is 1. The number of rotatable bonds is 1. The molecule has 1 saturated heterocycles. The molecule has 2 atom stereocenters. The molecular weight excluding hydrogens is 200 g/mol. The van der Waals surface area contributed by atoms with Crippen molar-refractivity contribution in [3.05, 3.63) is 0 Å². The second-order valence-electron chi connectivity index (χ2n) is 6.60. The Hall–Kier alpha value is -0.570. The molecule has 0 spiro atoms. The minimum atomic E-state index is 0.135. The van der Waals surface area contributed by atoms with Gasteiger partial charge in [-0.3, -0.25) is 4.79 Å². The lowest BCUT2D eigenvalue weighted by atomic mass is 10.0. The molecule has 0 aromatic rings. The first kappa shape index (κ1) is 11.9. The second-order valence-corrected chi connectivity index (χ2v) is 6.60. The van der Waals surface area contributed by atoms with Gasteiger partial charge in [-0.1, -0.05) is 27.7 Å². The van der Waals surface area contributed by atoms with Gasteiger partial charge in [0.25, 0.3) is 0 Å². The number of hydrogen-bond donors (Lipinski definition) is 1. The first-order chi connectivity index (χ1) is 7.21. The Morgan fingerprint density at radius 3 is 2.06 bits per heavy atom. The third kappa shape index (κ3) is 1.33. The zero-order valence-electron chi connectivity index (χ0n) is 11.1. The molecule has 0 aromatic heterocycles. The molecule has 0 bridgehead atoms. The molecule has 16 heavy (non-hydrogen) atoms. The highest BCUT2D eigenvalue weighted by molar-refractivity contribution is 5.84. The van der Waals surface area contributed by atoms with Gasteiger partial charge in [-0.05, 0) is 24.2 Å². The first-order valence-corrected chi connectivity index (χ1v) is 6.27. The van der Waals surface area contributed by atoms with Crippen LogP contribution in [0.5, 0.6) is 0 Å². The molecule has 92 valence electrons. The highest BCUT2D eigenvalue weighted by Gasteiger charge is 2.69. The zero-order chi connectivity index (χ0) is 12.3. The summed E-state index contributed by atoms with van der Waals surface area (Å²) in [4.78, 5) is 14.5. The molecule has 2 N–H and O–H groups in total. The van der Waals surface area contributed by atoms with Gasteiger partial charge in [-0.2, -0.15) is 0 Å². The summed E-state index contributed by atoms with van der Waals surface area (Å²) in [7, 11) is 0. The minimum Gasteiger partial charge on any atom is -0.338 e. The summed E-state index contributed by atoms with van der Waals surface area (Å²) in [5, 5.41) is 0. The Balaban J connectivity index is 2.11. The molecular formula is C13H24N2O. The molecule has 1 heterocycles. The Morgan fingerprint density at radius 1 is 1.25 bits per heavy atom. The van der Waals surface area contributed by atoms with E-state index < -0.39 is 0 Å². The van der Waals surface area contributed by atoms with E-state index >= 15 is 0 Å². The van der Waals surface area contributed by atoms with E-state index in [1.54, 1.807) is 0 Å². The molecule has 2 fully saturated rings. The predicted octanol–water partition coefficient (Wildman–Crippen LogP) is 1.62. The van der Waals surface area contributed by atoms with Crippen LogP contribution in [-0.4, -0.2) is 29.4 Å². The second kappa shape index (κ2) is 3.22. The van der Waals surface area contributed by atoms with Crippen LogP contribution in [0.3, 0.4) is 0 Å². The molecule has 3 nitrogen and oxygen atoms in total. The highest BCUT2D eigenvalue weighted by atomic mass is 16.2. The van der Waals surface area contributed by atoms with Crippen LogP contribution in [0.15, 0.2) is 0 Å². The van der Waals surface area contributed by atoms with Crippen LogP contribution in [-0.2, 0) is 4.79 Å². The lowest BCUT2D eigenvalue weighted by Crippen LogP contribution is -2.41. The number of nitrogens with zero attached hydrogens (tertiary/aromatic N) is 1. The van der Waals surface area contributed by atoms with Gasteiger partial charge in [0, 0.05) is 24.5 Å². The van der Waals surface area contributed by atoms with E-state index in [-0.39, 0.29) is 28.8 Å².